The van der Waals surface area contributed by atoms with Crippen molar-refractivity contribution in [3.63, 3.8) is 0 Å². The Hall–Kier alpha value is -4.45. The van der Waals surface area contributed by atoms with E-state index in [9.17, 15) is 14.4 Å². The van der Waals surface area contributed by atoms with Gasteiger partial charge in [0.1, 0.15) is 13.2 Å². The van der Waals surface area contributed by atoms with Gasteiger partial charge in [-0.05, 0) is 135 Å². The summed E-state index contributed by atoms with van der Waals surface area (Å²) in [5.74, 6) is -1.03. The molecule has 1 atom stereocenters. The van der Waals surface area contributed by atoms with Crippen molar-refractivity contribution in [2.75, 3.05) is 13.2 Å². The normalized spacial score (nSPS) is 13.1. The van der Waals surface area contributed by atoms with Crippen LogP contribution in [0.5, 0.6) is 0 Å². The molecule has 0 heterocycles. The van der Waals surface area contributed by atoms with Crippen LogP contribution in [0, 0.1) is 0 Å². The molecular weight excluding hydrogens is 853 g/mol. The Morgan fingerprint density at radius 2 is 0.580 bits per heavy atom. The Kier molecular flexibility index (Phi) is 52.5. The second-order valence-corrected chi connectivity index (χ2v) is 17.7. The van der Waals surface area contributed by atoms with Crippen LogP contribution in [0.15, 0.2) is 134 Å². The summed E-state index contributed by atoms with van der Waals surface area (Å²) in [6, 6.07) is 0. The van der Waals surface area contributed by atoms with E-state index in [2.05, 4.69) is 154 Å². The van der Waals surface area contributed by atoms with Gasteiger partial charge in [-0.25, -0.2) is 0 Å². The average Bonchev–Trinajstić information content (AvgIpc) is 3.35. The zero-order valence-electron chi connectivity index (χ0n) is 44.3. The predicted octanol–water partition coefficient (Wildman–Crippen LogP) is 18.6. The van der Waals surface area contributed by atoms with Gasteiger partial charge in [0.05, 0.1) is 0 Å². The van der Waals surface area contributed by atoms with Gasteiger partial charge in [-0.1, -0.05) is 206 Å². The van der Waals surface area contributed by atoms with Crippen molar-refractivity contribution < 1.29 is 28.6 Å². The summed E-state index contributed by atoms with van der Waals surface area (Å²) in [5, 5.41) is 0. The highest BCUT2D eigenvalue weighted by atomic mass is 16.6. The van der Waals surface area contributed by atoms with Crippen molar-refractivity contribution in [1.82, 2.24) is 0 Å². The molecule has 388 valence electrons. The maximum atomic E-state index is 12.8. The Bertz CT molecular complexity index is 1510. The van der Waals surface area contributed by atoms with E-state index in [1.54, 1.807) is 0 Å². The van der Waals surface area contributed by atoms with Crippen LogP contribution in [0.3, 0.4) is 0 Å². The summed E-state index contributed by atoms with van der Waals surface area (Å²) in [5.41, 5.74) is 0. The minimum atomic E-state index is -0.828. The number of esters is 3. The quantitative estimate of drug-likeness (QED) is 0.0262. The number of unbranched alkanes of at least 4 members (excludes halogenated alkanes) is 15. The molecule has 0 saturated heterocycles. The Morgan fingerprint density at radius 1 is 0.304 bits per heavy atom. The smallest absolute Gasteiger partial charge is 0.306 e. The molecule has 0 saturated carbocycles. The minimum absolute atomic E-state index is 0.121. The molecular formula is C63H100O6. The first-order valence-corrected chi connectivity index (χ1v) is 27.7. The fraction of sp³-hybridized carbons (Fsp3) is 0.603. The largest absolute Gasteiger partial charge is 0.462 e. The number of allylic oxidation sites excluding steroid dienone is 22. The standard InChI is InChI=1S/C63H100O6/c1-4-7-10-13-16-19-22-25-28-31-34-37-40-43-46-49-52-55-61(64)67-58-60(69-63(66)57-54-51-48-45-42-39-36-33-30-27-24-21-18-15-12-9-6-3)59-68-62(65)56-53-50-47-44-41-38-35-32-29-26-23-20-17-14-11-8-5-2/h7,10,16-21,25-30,34-39,43,46,60H,4-6,8-9,11-15,22-24,31-33,40-42,44-45,47-59H2,1-3H3/b10-7-,19-16-,20-17-,21-18-,28-25-,29-26-,30-27-,37-34-,38-35-,39-36-,46-43-/t60-/m0/s1. The highest BCUT2D eigenvalue weighted by Crippen LogP contribution is 2.12. The van der Waals surface area contributed by atoms with Crippen LogP contribution in [0.4, 0.5) is 0 Å². The number of ether oxygens (including phenoxy) is 3. The second-order valence-electron chi connectivity index (χ2n) is 17.7. The van der Waals surface area contributed by atoms with Gasteiger partial charge in [-0.3, -0.25) is 14.4 Å². The third kappa shape index (κ3) is 54.4. The van der Waals surface area contributed by atoms with Crippen molar-refractivity contribution >= 4 is 17.9 Å². The molecule has 0 aliphatic carbocycles. The van der Waals surface area contributed by atoms with E-state index in [-0.39, 0.29) is 44.0 Å². The highest BCUT2D eigenvalue weighted by Gasteiger charge is 2.19. The molecule has 0 aliphatic rings. The molecule has 0 unspecified atom stereocenters. The molecule has 6 heteroatoms. The Morgan fingerprint density at radius 3 is 0.928 bits per heavy atom. The number of carbonyl (C=O) groups is 3. The molecule has 0 aromatic carbocycles. The number of rotatable bonds is 48. The lowest BCUT2D eigenvalue weighted by Crippen LogP contribution is -2.30. The lowest BCUT2D eigenvalue weighted by atomic mass is 10.1. The van der Waals surface area contributed by atoms with E-state index >= 15 is 0 Å². The Labute approximate surface area is 424 Å². The van der Waals surface area contributed by atoms with Gasteiger partial charge < -0.3 is 14.2 Å². The predicted molar refractivity (Wildman–Crippen MR) is 297 cm³/mol. The van der Waals surface area contributed by atoms with Crippen molar-refractivity contribution in [2.45, 2.75) is 232 Å². The maximum absolute atomic E-state index is 12.8. The summed E-state index contributed by atoms with van der Waals surface area (Å²) in [6.07, 6.45) is 78.6. The first kappa shape index (κ1) is 64.5. The molecule has 0 bridgehead atoms. The topological polar surface area (TPSA) is 78.9 Å². The highest BCUT2D eigenvalue weighted by molar-refractivity contribution is 5.71. The molecule has 0 aliphatic heterocycles. The third-order valence-electron chi connectivity index (χ3n) is 11.1. The molecule has 0 spiro atoms. The van der Waals surface area contributed by atoms with Gasteiger partial charge in [-0.15, -0.1) is 0 Å². The fourth-order valence-electron chi connectivity index (χ4n) is 6.96. The summed E-state index contributed by atoms with van der Waals surface area (Å²) >= 11 is 0. The van der Waals surface area contributed by atoms with Crippen molar-refractivity contribution in [3.05, 3.63) is 134 Å². The zero-order chi connectivity index (χ0) is 50.0. The monoisotopic (exact) mass is 953 g/mol. The molecule has 0 aromatic rings. The summed E-state index contributed by atoms with van der Waals surface area (Å²) in [4.78, 5) is 38.1. The van der Waals surface area contributed by atoms with E-state index in [4.69, 9.17) is 14.2 Å². The molecule has 0 fully saturated rings. The van der Waals surface area contributed by atoms with E-state index in [0.717, 1.165) is 128 Å². The summed E-state index contributed by atoms with van der Waals surface area (Å²) < 4.78 is 16.8. The van der Waals surface area contributed by atoms with Crippen molar-refractivity contribution in [3.8, 4) is 0 Å². The van der Waals surface area contributed by atoms with Crippen LogP contribution in [0.2, 0.25) is 0 Å². The van der Waals surface area contributed by atoms with Gasteiger partial charge in [-0.2, -0.15) is 0 Å². The minimum Gasteiger partial charge on any atom is -0.462 e. The SMILES string of the molecule is CC/C=C\C/C=C\C/C=C\C/C=C\C/C=C\CCCC(=O)OC[C@@H](COC(=O)CCCCCC/C=C\C/C=C\C/C=C\CCCCC)OC(=O)CCCCCC/C=C\C/C=C\C/C=C\CCCCC. The van der Waals surface area contributed by atoms with Crippen LogP contribution >= 0.6 is 0 Å². The number of hydrogen-bond acceptors (Lipinski definition) is 6. The number of hydrogen-bond donors (Lipinski definition) is 0. The lowest BCUT2D eigenvalue weighted by molar-refractivity contribution is -0.167. The zero-order valence-corrected chi connectivity index (χ0v) is 44.3. The molecule has 69 heavy (non-hydrogen) atoms. The van der Waals surface area contributed by atoms with Gasteiger partial charge >= 0.3 is 17.9 Å². The molecule has 0 rings (SSSR count). The van der Waals surface area contributed by atoms with E-state index in [0.29, 0.717) is 12.8 Å². The first-order chi connectivity index (χ1) is 34.0. The maximum Gasteiger partial charge on any atom is 0.306 e. The van der Waals surface area contributed by atoms with Crippen LogP contribution < -0.4 is 0 Å². The van der Waals surface area contributed by atoms with Crippen molar-refractivity contribution in [1.29, 1.82) is 0 Å². The van der Waals surface area contributed by atoms with E-state index in [1.165, 1.54) is 51.4 Å². The molecule has 0 radical (unpaired) electrons. The van der Waals surface area contributed by atoms with Gasteiger partial charge in [0.25, 0.3) is 0 Å². The Balaban J connectivity index is 4.59. The van der Waals surface area contributed by atoms with E-state index < -0.39 is 6.10 Å². The van der Waals surface area contributed by atoms with E-state index in [1.807, 2.05) is 0 Å². The average molecular weight is 953 g/mol. The van der Waals surface area contributed by atoms with Crippen LogP contribution in [-0.4, -0.2) is 37.2 Å². The molecule has 6 nitrogen and oxygen atoms in total. The molecule has 0 amide bonds. The van der Waals surface area contributed by atoms with Crippen LogP contribution in [-0.2, 0) is 28.6 Å². The fourth-order valence-corrected chi connectivity index (χ4v) is 6.96. The molecule has 0 N–H and O–H groups in total. The second kappa shape index (κ2) is 56.1. The van der Waals surface area contributed by atoms with Gasteiger partial charge in [0.15, 0.2) is 6.10 Å². The molecule has 0 aromatic heterocycles. The number of carbonyl (C=O) groups excluding carboxylic acids is 3. The summed E-state index contributed by atoms with van der Waals surface area (Å²) in [6.45, 7) is 6.37. The lowest BCUT2D eigenvalue weighted by Gasteiger charge is -2.18. The van der Waals surface area contributed by atoms with Crippen LogP contribution in [0.25, 0.3) is 0 Å². The summed E-state index contributed by atoms with van der Waals surface area (Å²) in [7, 11) is 0. The van der Waals surface area contributed by atoms with Gasteiger partial charge in [0.2, 0.25) is 0 Å². The van der Waals surface area contributed by atoms with Gasteiger partial charge in [0, 0.05) is 19.3 Å². The van der Waals surface area contributed by atoms with Crippen molar-refractivity contribution in [2.24, 2.45) is 0 Å². The third-order valence-corrected chi connectivity index (χ3v) is 11.1. The first-order valence-electron chi connectivity index (χ1n) is 27.7. The van der Waals surface area contributed by atoms with Crippen LogP contribution in [0.1, 0.15) is 226 Å².